The topological polar surface area (TPSA) is 9.23 Å². The van der Waals surface area contributed by atoms with E-state index < -0.39 is 0 Å². The van der Waals surface area contributed by atoms with E-state index in [1.807, 2.05) is 24.3 Å². The van der Waals surface area contributed by atoms with Gasteiger partial charge in [-0.1, -0.05) is 69.9 Å². The van der Waals surface area contributed by atoms with Crippen LogP contribution in [-0.4, -0.2) is 6.61 Å². The van der Waals surface area contributed by atoms with Gasteiger partial charge in [-0.25, -0.2) is 0 Å². The fraction of sp³-hybridized carbons (Fsp3) is 0.440. The van der Waals surface area contributed by atoms with Crippen molar-refractivity contribution < 1.29 is 4.74 Å². The normalized spacial score (nSPS) is 10.2. The lowest BCUT2D eigenvalue weighted by molar-refractivity contribution is 0.305. The Morgan fingerprint density at radius 2 is 1.23 bits per heavy atom. The monoisotopic (exact) mass is 348 g/mol. The van der Waals surface area contributed by atoms with Crippen molar-refractivity contribution in [2.24, 2.45) is 0 Å². The van der Waals surface area contributed by atoms with Crippen LogP contribution >= 0.6 is 0 Å². The fourth-order valence-corrected chi connectivity index (χ4v) is 2.83. The summed E-state index contributed by atoms with van der Waals surface area (Å²) >= 11 is 0. The minimum atomic E-state index is 0.801. The predicted octanol–water partition coefficient (Wildman–Crippen LogP) is 6.78. The molecule has 0 aliphatic rings. The summed E-state index contributed by atoms with van der Waals surface area (Å²) in [5.41, 5.74) is 3.50. The highest BCUT2D eigenvalue weighted by Crippen LogP contribution is 2.13. The van der Waals surface area contributed by atoms with Gasteiger partial charge in [-0.15, -0.1) is 0 Å². The van der Waals surface area contributed by atoms with E-state index in [2.05, 4.69) is 50.0 Å². The third-order valence-electron chi connectivity index (χ3n) is 4.50. The second kappa shape index (κ2) is 12.2. The molecular formula is C25H32O. The first-order valence-corrected chi connectivity index (χ1v) is 10.2. The molecule has 0 saturated carbocycles. The lowest BCUT2D eigenvalue weighted by Crippen LogP contribution is -1.96. The molecule has 2 aromatic rings. The molecule has 138 valence electrons. The molecule has 2 aromatic carbocycles. The Kier molecular flexibility index (Phi) is 9.44. The first kappa shape index (κ1) is 20.1. The highest BCUT2D eigenvalue weighted by Gasteiger charge is 1.96. The summed E-state index contributed by atoms with van der Waals surface area (Å²) in [6.07, 6.45) is 9.94. The minimum Gasteiger partial charge on any atom is -0.494 e. The van der Waals surface area contributed by atoms with E-state index in [0.29, 0.717) is 0 Å². The third-order valence-corrected chi connectivity index (χ3v) is 4.50. The van der Waals surface area contributed by atoms with Crippen molar-refractivity contribution in [3.8, 4) is 17.6 Å². The van der Waals surface area contributed by atoms with E-state index in [1.165, 1.54) is 50.5 Å². The standard InChI is InChI=1S/C25H32O/c1-3-5-7-9-21-26-25-19-17-24(18-20-25)16-15-23-13-11-22(12-14-23)10-8-6-4-2/h11-14,17-20H,3-10,21H2,1-2H3. The van der Waals surface area contributed by atoms with Crippen molar-refractivity contribution in [1.82, 2.24) is 0 Å². The maximum Gasteiger partial charge on any atom is 0.119 e. The summed E-state index contributed by atoms with van der Waals surface area (Å²) in [6, 6.07) is 16.8. The van der Waals surface area contributed by atoms with Crippen LogP contribution in [0.15, 0.2) is 48.5 Å². The van der Waals surface area contributed by atoms with Crippen molar-refractivity contribution in [1.29, 1.82) is 0 Å². The van der Waals surface area contributed by atoms with Crippen molar-refractivity contribution in [3.63, 3.8) is 0 Å². The van der Waals surface area contributed by atoms with Gasteiger partial charge < -0.3 is 4.74 Å². The van der Waals surface area contributed by atoms with Crippen LogP contribution < -0.4 is 4.74 Å². The molecular weight excluding hydrogens is 316 g/mol. The number of rotatable bonds is 10. The van der Waals surface area contributed by atoms with Crippen LogP contribution in [0.25, 0.3) is 0 Å². The van der Waals surface area contributed by atoms with Gasteiger partial charge in [-0.2, -0.15) is 0 Å². The summed E-state index contributed by atoms with van der Waals surface area (Å²) < 4.78 is 5.78. The zero-order chi connectivity index (χ0) is 18.5. The highest BCUT2D eigenvalue weighted by molar-refractivity contribution is 5.44. The van der Waals surface area contributed by atoms with Gasteiger partial charge in [0.2, 0.25) is 0 Å². The molecule has 0 fully saturated rings. The van der Waals surface area contributed by atoms with Crippen LogP contribution in [0.2, 0.25) is 0 Å². The summed E-state index contributed by atoms with van der Waals surface area (Å²) in [5, 5.41) is 0. The molecule has 0 aromatic heterocycles. The summed E-state index contributed by atoms with van der Waals surface area (Å²) in [6.45, 7) is 5.27. The Morgan fingerprint density at radius 1 is 0.654 bits per heavy atom. The second-order valence-electron chi connectivity index (χ2n) is 6.84. The number of benzene rings is 2. The Hall–Kier alpha value is -2.20. The Morgan fingerprint density at radius 3 is 1.85 bits per heavy atom. The largest absolute Gasteiger partial charge is 0.494 e. The highest BCUT2D eigenvalue weighted by atomic mass is 16.5. The maximum absolute atomic E-state index is 5.78. The van der Waals surface area contributed by atoms with Crippen molar-refractivity contribution in [3.05, 3.63) is 65.2 Å². The number of hydrogen-bond donors (Lipinski definition) is 0. The quantitative estimate of drug-likeness (QED) is 0.340. The molecule has 0 atom stereocenters. The van der Waals surface area contributed by atoms with Gasteiger partial charge in [0.05, 0.1) is 6.61 Å². The number of unbranched alkanes of at least 4 members (excludes halogenated alkanes) is 5. The molecule has 0 bridgehead atoms. The van der Waals surface area contributed by atoms with Crippen LogP contribution in [0.1, 0.15) is 75.5 Å². The van der Waals surface area contributed by atoms with Gasteiger partial charge in [0.25, 0.3) is 0 Å². The van der Waals surface area contributed by atoms with Crippen LogP contribution in [-0.2, 0) is 6.42 Å². The molecule has 26 heavy (non-hydrogen) atoms. The van der Waals surface area contributed by atoms with Crippen molar-refractivity contribution >= 4 is 0 Å². The van der Waals surface area contributed by atoms with Gasteiger partial charge in [0, 0.05) is 11.1 Å². The van der Waals surface area contributed by atoms with Crippen molar-refractivity contribution in [2.75, 3.05) is 6.61 Å². The predicted molar refractivity (Wildman–Crippen MR) is 112 cm³/mol. The molecule has 0 spiro atoms. The molecule has 0 N–H and O–H groups in total. The Balaban J connectivity index is 1.81. The molecule has 0 radical (unpaired) electrons. The Labute approximate surface area is 159 Å². The smallest absolute Gasteiger partial charge is 0.119 e. The van der Waals surface area contributed by atoms with Gasteiger partial charge in [0.15, 0.2) is 0 Å². The third kappa shape index (κ3) is 7.79. The molecule has 0 saturated heterocycles. The average Bonchev–Trinajstić information content (AvgIpc) is 2.68. The van der Waals surface area contributed by atoms with E-state index in [1.54, 1.807) is 0 Å². The summed E-state index contributed by atoms with van der Waals surface area (Å²) in [7, 11) is 0. The first-order chi connectivity index (χ1) is 12.8. The number of hydrogen-bond acceptors (Lipinski definition) is 1. The SMILES string of the molecule is CCCCCCOc1ccc(C#Cc2ccc(CCCCC)cc2)cc1. The van der Waals surface area contributed by atoms with Crippen LogP contribution in [0.3, 0.4) is 0 Å². The Bertz CT molecular complexity index is 671. The van der Waals surface area contributed by atoms with Gasteiger partial charge in [0.1, 0.15) is 5.75 Å². The molecule has 0 aliphatic carbocycles. The maximum atomic E-state index is 5.78. The zero-order valence-electron chi connectivity index (χ0n) is 16.4. The molecule has 0 unspecified atom stereocenters. The number of aryl methyl sites for hydroxylation is 1. The average molecular weight is 349 g/mol. The fourth-order valence-electron chi connectivity index (χ4n) is 2.83. The number of ether oxygens (including phenoxy) is 1. The molecule has 1 heteroatoms. The lowest BCUT2D eigenvalue weighted by atomic mass is 10.1. The lowest BCUT2D eigenvalue weighted by Gasteiger charge is -2.05. The molecule has 2 rings (SSSR count). The summed E-state index contributed by atoms with van der Waals surface area (Å²) in [5.74, 6) is 7.42. The molecule has 0 aliphatic heterocycles. The first-order valence-electron chi connectivity index (χ1n) is 10.2. The minimum absolute atomic E-state index is 0.801. The summed E-state index contributed by atoms with van der Waals surface area (Å²) in [4.78, 5) is 0. The van der Waals surface area contributed by atoms with Gasteiger partial charge in [-0.3, -0.25) is 0 Å². The van der Waals surface area contributed by atoms with E-state index >= 15 is 0 Å². The van der Waals surface area contributed by atoms with Crippen LogP contribution in [0.4, 0.5) is 0 Å². The molecule has 0 amide bonds. The van der Waals surface area contributed by atoms with Gasteiger partial charge in [-0.05, 0) is 61.2 Å². The van der Waals surface area contributed by atoms with E-state index in [9.17, 15) is 0 Å². The molecule has 0 heterocycles. The van der Waals surface area contributed by atoms with Crippen LogP contribution in [0, 0.1) is 11.8 Å². The van der Waals surface area contributed by atoms with E-state index in [4.69, 9.17) is 4.74 Å². The van der Waals surface area contributed by atoms with E-state index in [0.717, 1.165) is 29.9 Å². The molecule has 1 nitrogen and oxygen atoms in total. The van der Waals surface area contributed by atoms with Gasteiger partial charge >= 0.3 is 0 Å². The van der Waals surface area contributed by atoms with Crippen LogP contribution in [0.5, 0.6) is 5.75 Å². The van der Waals surface area contributed by atoms with E-state index in [-0.39, 0.29) is 0 Å². The zero-order valence-corrected chi connectivity index (χ0v) is 16.4. The van der Waals surface area contributed by atoms with Crippen molar-refractivity contribution in [2.45, 2.75) is 65.2 Å². The second-order valence-corrected chi connectivity index (χ2v) is 6.84.